The largest absolute Gasteiger partial charge is 0.492 e. The lowest BCUT2D eigenvalue weighted by atomic mass is 9.86. The zero-order valence-electron chi connectivity index (χ0n) is 12.6. The fourth-order valence-electron chi connectivity index (χ4n) is 1.90. The summed E-state index contributed by atoms with van der Waals surface area (Å²) in [5, 5.41) is 3.35. The van der Waals surface area contributed by atoms with Gasteiger partial charge in [-0.05, 0) is 43.0 Å². The first-order chi connectivity index (χ1) is 8.34. The summed E-state index contributed by atoms with van der Waals surface area (Å²) in [5.41, 5.74) is 2.76. The van der Waals surface area contributed by atoms with Crippen LogP contribution in [0.5, 0.6) is 5.75 Å². The molecule has 0 aliphatic carbocycles. The number of aryl methyl sites for hydroxylation is 1. The van der Waals surface area contributed by atoms with E-state index in [2.05, 4.69) is 65.1 Å². The van der Waals surface area contributed by atoms with Gasteiger partial charge in [0.1, 0.15) is 12.4 Å². The van der Waals surface area contributed by atoms with Gasteiger partial charge in [-0.1, -0.05) is 39.8 Å². The fourth-order valence-corrected chi connectivity index (χ4v) is 1.90. The first-order valence-corrected chi connectivity index (χ1v) is 6.82. The van der Waals surface area contributed by atoms with Crippen molar-refractivity contribution in [3.05, 3.63) is 29.3 Å². The van der Waals surface area contributed by atoms with Crippen LogP contribution in [0.4, 0.5) is 0 Å². The molecule has 0 amide bonds. The van der Waals surface area contributed by atoms with Gasteiger partial charge in [0.05, 0.1) is 0 Å². The third-order valence-corrected chi connectivity index (χ3v) is 3.08. The summed E-state index contributed by atoms with van der Waals surface area (Å²) in [5.74, 6) is 0.993. The van der Waals surface area contributed by atoms with Crippen molar-refractivity contribution in [3.8, 4) is 5.75 Å². The summed E-state index contributed by atoms with van der Waals surface area (Å²) in [7, 11) is 0. The maximum atomic E-state index is 5.86. The van der Waals surface area contributed by atoms with Crippen molar-refractivity contribution < 1.29 is 4.74 Å². The summed E-state index contributed by atoms with van der Waals surface area (Å²) in [6.07, 6.45) is 0. The Morgan fingerprint density at radius 1 is 1.28 bits per heavy atom. The normalized spacial score (nSPS) is 13.4. The number of rotatable bonds is 5. The van der Waals surface area contributed by atoms with Gasteiger partial charge in [0, 0.05) is 6.04 Å². The molecule has 1 aromatic carbocycles. The molecule has 0 fully saturated rings. The number of benzene rings is 1. The Hall–Kier alpha value is -1.02. The number of hydrogen-bond acceptors (Lipinski definition) is 2. The molecule has 18 heavy (non-hydrogen) atoms. The quantitative estimate of drug-likeness (QED) is 0.859. The van der Waals surface area contributed by atoms with Crippen molar-refractivity contribution in [2.24, 2.45) is 0 Å². The molecule has 0 aliphatic rings. The van der Waals surface area contributed by atoms with E-state index in [-0.39, 0.29) is 5.41 Å². The Bertz CT molecular complexity index is 379. The molecule has 0 saturated carbocycles. The van der Waals surface area contributed by atoms with Gasteiger partial charge in [-0.15, -0.1) is 0 Å². The summed E-state index contributed by atoms with van der Waals surface area (Å²) in [6, 6.07) is 6.87. The molecule has 0 radical (unpaired) electrons. The van der Waals surface area contributed by atoms with Crippen LogP contribution in [0.15, 0.2) is 18.2 Å². The average Bonchev–Trinajstić information content (AvgIpc) is 2.26. The minimum Gasteiger partial charge on any atom is -0.492 e. The highest BCUT2D eigenvalue weighted by atomic mass is 16.5. The van der Waals surface area contributed by atoms with Crippen LogP contribution >= 0.6 is 0 Å². The molecule has 2 heteroatoms. The van der Waals surface area contributed by atoms with Crippen LogP contribution in [0.2, 0.25) is 0 Å². The molecule has 0 saturated heterocycles. The van der Waals surface area contributed by atoms with E-state index in [0.29, 0.717) is 12.6 Å². The minimum absolute atomic E-state index is 0.195. The Morgan fingerprint density at radius 3 is 2.44 bits per heavy atom. The predicted octanol–water partition coefficient (Wildman–Crippen LogP) is 3.67. The Balaban J connectivity index is 2.69. The van der Waals surface area contributed by atoms with Gasteiger partial charge in [-0.25, -0.2) is 0 Å². The summed E-state index contributed by atoms with van der Waals surface area (Å²) in [6.45, 7) is 14.8. The van der Waals surface area contributed by atoms with Crippen molar-refractivity contribution in [2.45, 2.75) is 53.0 Å². The molecule has 1 N–H and O–H groups in total. The first kappa shape index (κ1) is 15.0. The number of nitrogens with one attached hydrogen (secondary N) is 1. The standard InChI is InChI=1S/C16H27NO/c1-7-17-13(3)11-18-15-9-8-14(10-12(15)2)16(4,5)6/h8-10,13,17H,7,11H2,1-6H3. The van der Waals surface area contributed by atoms with Crippen LogP contribution in [0, 0.1) is 6.92 Å². The third-order valence-electron chi connectivity index (χ3n) is 3.08. The lowest BCUT2D eigenvalue weighted by Gasteiger charge is -2.21. The second kappa shape index (κ2) is 6.24. The molecule has 1 aromatic rings. The Morgan fingerprint density at radius 2 is 1.94 bits per heavy atom. The van der Waals surface area contributed by atoms with E-state index in [0.717, 1.165) is 12.3 Å². The number of ether oxygens (including phenoxy) is 1. The lowest BCUT2D eigenvalue weighted by Crippen LogP contribution is -2.31. The van der Waals surface area contributed by atoms with E-state index in [9.17, 15) is 0 Å². The Kier molecular flexibility index (Phi) is 5.21. The van der Waals surface area contributed by atoms with Gasteiger partial charge in [-0.2, -0.15) is 0 Å². The molecule has 1 rings (SSSR count). The van der Waals surface area contributed by atoms with Gasteiger partial charge in [0.25, 0.3) is 0 Å². The molecule has 1 unspecified atom stereocenters. The van der Waals surface area contributed by atoms with E-state index < -0.39 is 0 Å². The van der Waals surface area contributed by atoms with Crippen LogP contribution < -0.4 is 10.1 Å². The lowest BCUT2D eigenvalue weighted by molar-refractivity contribution is 0.273. The molecule has 0 aliphatic heterocycles. The van der Waals surface area contributed by atoms with Gasteiger partial charge < -0.3 is 10.1 Å². The number of hydrogen-bond donors (Lipinski definition) is 1. The van der Waals surface area contributed by atoms with Crippen molar-refractivity contribution in [1.82, 2.24) is 5.32 Å². The minimum atomic E-state index is 0.195. The summed E-state index contributed by atoms with van der Waals surface area (Å²) < 4.78 is 5.86. The van der Waals surface area contributed by atoms with Crippen molar-refractivity contribution >= 4 is 0 Å². The summed E-state index contributed by atoms with van der Waals surface area (Å²) in [4.78, 5) is 0. The monoisotopic (exact) mass is 249 g/mol. The first-order valence-electron chi connectivity index (χ1n) is 6.82. The Labute approximate surface area is 112 Å². The van der Waals surface area contributed by atoms with Crippen LogP contribution in [0.1, 0.15) is 45.7 Å². The molecule has 1 atom stereocenters. The molecule has 0 aromatic heterocycles. The van der Waals surface area contributed by atoms with Gasteiger partial charge in [0.2, 0.25) is 0 Å². The summed E-state index contributed by atoms with van der Waals surface area (Å²) >= 11 is 0. The molecule has 0 spiro atoms. The highest BCUT2D eigenvalue weighted by Crippen LogP contribution is 2.27. The maximum absolute atomic E-state index is 5.86. The van der Waals surface area contributed by atoms with Gasteiger partial charge >= 0.3 is 0 Å². The predicted molar refractivity (Wildman–Crippen MR) is 78.5 cm³/mol. The van der Waals surface area contributed by atoms with Crippen molar-refractivity contribution in [1.29, 1.82) is 0 Å². The third kappa shape index (κ3) is 4.34. The second-order valence-corrected chi connectivity index (χ2v) is 6.00. The zero-order valence-corrected chi connectivity index (χ0v) is 12.6. The van der Waals surface area contributed by atoms with Crippen molar-refractivity contribution in [2.75, 3.05) is 13.2 Å². The molecule has 2 nitrogen and oxygen atoms in total. The van der Waals surface area contributed by atoms with Crippen LogP contribution in [0.25, 0.3) is 0 Å². The fraction of sp³-hybridized carbons (Fsp3) is 0.625. The highest BCUT2D eigenvalue weighted by molar-refractivity contribution is 5.38. The van der Waals surface area contributed by atoms with Crippen LogP contribution in [-0.2, 0) is 5.41 Å². The molecular formula is C16H27NO. The van der Waals surface area contributed by atoms with Gasteiger partial charge in [-0.3, -0.25) is 0 Å². The highest BCUT2D eigenvalue weighted by Gasteiger charge is 2.14. The van der Waals surface area contributed by atoms with E-state index in [1.54, 1.807) is 0 Å². The topological polar surface area (TPSA) is 21.3 Å². The number of likely N-dealkylation sites (N-methyl/N-ethyl adjacent to an activating group) is 1. The van der Waals surface area contributed by atoms with Crippen LogP contribution in [-0.4, -0.2) is 19.2 Å². The van der Waals surface area contributed by atoms with Crippen molar-refractivity contribution in [3.63, 3.8) is 0 Å². The molecule has 0 heterocycles. The van der Waals surface area contributed by atoms with E-state index in [1.165, 1.54) is 11.1 Å². The second-order valence-electron chi connectivity index (χ2n) is 6.00. The molecule has 102 valence electrons. The molecule has 0 bridgehead atoms. The maximum Gasteiger partial charge on any atom is 0.122 e. The van der Waals surface area contributed by atoms with Crippen LogP contribution in [0.3, 0.4) is 0 Å². The molecular weight excluding hydrogens is 222 g/mol. The smallest absolute Gasteiger partial charge is 0.122 e. The SMILES string of the molecule is CCNC(C)COc1ccc(C(C)(C)C)cc1C. The van der Waals surface area contributed by atoms with E-state index in [1.807, 2.05) is 0 Å². The van der Waals surface area contributed by atoms with E-state index in [4.69, 9.17) is 4.74 Å². The van der Waals surface area contributed by atoms with Gasteiger partial charge in [0.15, 0.2) is 0 Å². The zero-order chi connectivity index (χ0) is 13.8. The van der Waals surface area contributed by atoms with E-state index >= 15 is 0 Å². The average molecular weight is 249 g/mol.